The molecule has 2 heterocycles. The van der Waals surface area contributed by atoms with Crippen molar-refractivity contribution >= 4 is 11.0 Å². The van der Waals surface area contributed by atoms with E-state index in [4.69, 9.17) is 0 Å². The van der Waals surface area contributed by atoms with Crippen molar-refractivity contribution in [2.45, 2.75) is 18.9 Å². The van der Waals surface area contributed by atoms with Crippen LogP contribution in [0.3, 0.4) is 0 Å². The van der Waals surface area contributed by atoms with E-state index >= 15 is 0 Å². The van der Waals surface area contributed by atoms with Gasteiger partial charge in [-0.05, 0) is 31.5 Å². The lowest BCUT2D eigenvalue weighted by molar-refractivity contribution is 0.614. The fraction of sp³-hybridized carbons (Fsp3) is 0.364. The van der Waals surface area contributed by atoms with Crippen LogP contribution in [0.1, 0.15) is 24.7 Å². The Morgan fingerprint density at radius 1 is 1.29 bits per heavy atom. The Hall–Kier alpha value is -1.35. The summed E-state index contributed by atoms with van der Waals surface area (Å²) >= 11 is 0. The van der Waals surface area contributed by atoms with Gasteiger partial charge >= 0.3 is 0 Å². The molecule has 0 unspecified atom stereocenters. The fourth-order valence-corrected chi connectivity index (χ4v) is 2.06. The minimum absolute atomic E-state index is 0.433. The first-order valence-electron chi connectivity index (χ1n) is 5.11. The summed E-state index contributed by atoms with van der Waals surface area (Å²) in [6.45, 7) is 1.11. The number of hydrogen-bond acceptors (Lipinski definition) is 2. The zero-order valence-electron chi connectivity index (χ0n) is 7.96. The van der Waals surface area contributed by atoms with Crippen LogP contribution in [-0.4, -0.2) is 16.5 Å². The van der Waals surface area contributed by atoms with E-state index in [1.165, 1.54) is 12.8 Å². The maximum atomic E-state index is 4.58. The fourth-order valence-electron chi connectivity index (χ4n) is 2.06. The van der Waals surface area contributed by atoms with Gasteiger partial charge in [-0.2, -0.15) is 0 Å². The number of aromatic amines is 1. The van der Waals surface area contributed by atoms with Gasteiger partial charge in [0.25, 0.3) is 0 Å². The summed E-state index contributed by atoms with van der Waals surface area (Å²) in [6, 6.07) is 8.61. The molecule has 2 N–H and O–H groups in total. The number of aromatic nitrogens is 2. The van der Waals surface area contributed by atoms with Crippen molar-refractivity contribution in [1.29, 1.82) is 0 Å². The molecule has 0 radical (unpaired) electrons. The summed E-state index contributed by atoms with van der Waals surface area (Å²) < 4.78 is 0. The summed E-state index contributed by atoms with van der Waals surface area (Å²) in [7, 11) is 0. The van der Waals surface area contributed by atoms with Crippen LogP contribution in [0.25, 0.3) is 11.0 Å². The molecule has 0 aliphatic carbocycles. The number of hydrogen-bond donors (Lipinski definition) is 2. The van der Waals surface area contributed by atoms with E-state index in [0.717, 1.165) is 23.4 Å². The third-order valence-corrected chi connectivity index (χ3v) is 2.80. The largest absolute Gasteiger partial charge is 0.341 e. The van der Waals surface area contributed by atoms with Crippen LogP contribution >= 0.6 is 0 Å². The van der Waals surface area contributed by atoms with Crippen LogP contribution in [-0.2, 0) is 0 Å². The van der Waals surface area contributed by atoms with Crippen LogP contribution in [0.4, 0.5) is 0 Å². The van der Waals surface area contributed by atoms with E-state index in [2.05, 4.69) is 21.4 Å². The smallest absolute Gasteiger partial charge is 0.124 e. The molecule has 1 aliphatic heterocycles. The quantitative estimate of drug-likeness (QED) is 0.716. The minimum Gasteiger partial charge on any atom is -0.341 e. The van der Waals surface area contributed by atoms with Gasteiger partial charge in [0.15, 0.2) is 0 Å². The predicted molar refractivity (Wildman–Crippen MR) is 56.1 cm³/mol. The normalized spacial score (nSPS) is 21.9. The second kappa shape index (κ2) is 3.10. The molecule has 0 bridgehead atoms. The topological polar surface area (TPSA) is 40.7 Å². The Labute approximate surface area is 82.5 Å². The van der Waals surface area contributed by atoms with Crippen LogP contribution in [0.5, 0.6) is 0 Å². The Kier molecular flexibility index (Phi) is 1.77. The van der Waals surface area contributed by atoms with Crippen LogP contribution in [0.15, 0.2) is 24.3 Å². The molecule has 72 valence electrons. The molecule has 0 amide bonds. The lowest BCUT2D eigenvalue weighted by atomic mass is 10.2. The standard InChI is InChI=1S/C11H13N3/c1-2-5-9-8(4-1)13-11(14-9)10-6-3-7-12-10/h1-2,4-5,10,12H,3,6-7H2,(H,13,14)/t10-/m0/s1. The van der Waals surface area contributed by atoms with Gasteiger partial charge in [0.1, 0.15) is 5.82 Å². The molecule has 2 aromatic rings. The first kappa shape index (κ1) is 8.00. The summed E-state index contributed by atoms with van der Waals surface area (Å²) in [5, 5.41) is 3.44. The monoisotopic (exact) mass is 187 g/mol. The van der Waals surface area contributed by atoms with Gasteiger partial charge in [0.2, 0.25) is 0 Å². The Morgan fingerprint density at radius 2 is 2.21 bits per heavy atom. The Morgan fingerprint density at radius 3 is 3.00 bits per heavy atom. The molecular formula is C11H13N3. The lowest BCUT2D eigenvalue weighted by Crippen LogP contribution is -2.13. The van der Waals surface area contributed by atoms with Gasteiger partial charge in [-0.25, -0.2) is 4.98 Å². The zero-order chi connectivity index (χ0) is 9.38. The summed E-state index contributed by atoms with van der Waals surface area (Å²) in [5.41, 5.74) is 2.20. The van der Waals surface area contributed by atoms with E-state index in [1.807, 2.05) is 18.2 Å². The Bertz CT molecular complexity index is 407. The van der Waals surface area contributed by atoms with E-state index in [0.29, 0.717) is 6.04 Å². The molecule has 1 saturated heterocycles. The van der Waals surface area contributed by atoms with Gasteiger partial charge in [-0.15, -0.1) is 0 Å². The molecule has 14 heavy (non-hydrogen) atoms. The number of fused-ring (bicyclic) bond motifs is 1. The van der Waals surface area contributed by atoms with Crippen molar-refractivity contribution in [3.63, 3.8) is 0 Å². The highest BCUT2D eigenvalue weighted by atomic mass is 15.0. The van der Waals surface area contributed by atoms with Crippen molar-refractivity contribution in [3.05, 3.63) is 30.1 Å². The SMILES string of the molecule is c1ccc2[nH]c([C@@H]3CCCN3)nc2c1. The third-order valence-electron chi connectivity index (χ3n) is 2.80. The first-order chi connectivity index (χ1) is 6.93. The highest BCUT2D eigenvalue weighted by Crippen LogP contribution is 2.22. The predicted octanol–water partition coefficient (Wildman–Crippen LogP) is 1.99. The van der Waals surface area contributed by atoms with Gasteiger partial charge in [0, 0.05) is 0 Å². The van der Waals surface area contributed by atoms with Crippen molar-refractivity contribution in [2.24, 2.45) is 0 Å². The molecule has 1 aromatic heterocycles. The maximum absolute atomic E-state index is 4.58. The molecule has 1 aliphatic rings. The molecule has 1 atom stereocenters. The summed E-state index contributed by atoms with van der Waals surface area (Å²) in [4.78, 5) is 7.94. The van der Waals surface area contributed by atoms with Crippen LogP contribution in [0.2, 0.25) is 0 Å². The van der Waals surface area contributed by atoms with Crippen molar-refractivity contribution in [2.75, 3.05) is 6.54 Å². The molecule has 0 saturated carbocycles. The minimum atomic E-state index is 0.433. The summed E-state index contributed by atoms with van der Waals surface area (Å²) in [6.07, 6.45) is 2.45. The number of rotatable bonds is 1. The highest BCUT2D eigenvalue weighted by molar-refractivity contribution is 5.74. The van der Waals surface area contributed by atoms with E-state index in [-0.39, 0.29) is 0 Å². The Balaban J connectivity index is 2.05. The molecule has 3 nitrogen and oxygen atoms in total. The second-order valence-electron chi connectivity index (χ2n) is 3.79. The number of benzene rings is 1. The molecular weight excluding hydrogens is 174 g/mol. The van der Waals surface area contributed by atoms with Gasteiger partial charge in [-0.3, -0.25) is 0 Å². The lowest BCUT2D eigenvalue weighted by Gasteiger charge is -2.04. The molecule has 3 rings (SSSR count). The number of para-hydroxylation sites is 2. The number of H-pyrrole nitrogens is 1. The average Bonchev–Trinajstić information content (AvgIpc) is 2.86. The highest BCUT2D eigenvalue weighted by Gasteiger charge is 2.18. The molecule has 0 spiro atoms. The van der Waals surface area contributed by atoms with Gasteiger partial charge in [0.05, 0.1) is 17.1 Å². The van der Waals surface area contributed by atoms with E-state index in [1.54, 1.807) is 0 Å². The van der Waals surface area contributed by atoms with Gasteiger partial charge < -0.3 is 10.3 Å². The van der Waals surface area contributed by atoms with Gasteiger partial charge in [-0.1, -0.05) is 12.1 Å². The molecule has 1 fully saturated rings. The van der Waals surface area contributed by atoms with E-state index < -0.39 is 0 Å². The maximum Gasteiger partial charge on any atom is 0.124 e. The summed E-state index contributed by atoms with van der Waals surface area (Å²) in [5.74, 6) is 1.09. The first-order valence-corrected chi connectivity index (χ1v) is 5.11. The average molecular weight is 187 g/mol. The number of nitrogens with one attached hydrogen (secondary N) is 2. The van der Waals surface area contributed by atoms with Crippen molar-refractivity contribution < 1.29 is 0 Å². The molecule has 1 aromatic carbocycles. The third kappa shape index (κ3) is 1.21. The van der Waals surface area contributed by atoms with E-state index in [9.17, 15) is 0 Å². The number of imidazole rings is 1. The van der Waals surface area contributed by atoms with Crippen LogP contribution < -0.4 is 5.32 Å². The van der Waals surface area contributed by atoms with Crippen molar-refractivity contribution in [3.8, 4) is 0 Å². The van der Waals surface area contributed by atoms with Crippen molar-refractivity contribution in [1.82, 2.24) is 15.3 Å². The van der Waals surface area contributed by atoms with Crippen LogP contribution in [0, 0.1) is 0 Å². The second-order valence-corrected chi connectivity index (χ2v) is 3.79. The molecule has 3 heteroatoms. The number of nitrogens with zero attached hydrogens (tertiary/aromatic N) is 1. The zero-order valence-corrected chi connectivity index (χ0v) is 7.96.